The van der Waals surface area contributed by atoms with Crippen LogP contribution in [-0.4, -0.2) is 39.3 Å². The van der Waals surface area contributed by atoms with Gasteiger partial charge in [-0.3, -0.25) is 4.90 Å². The summed E-state index contributed by atoms with van der Waals surface area (Å²) >= 11 is 5.98. The van der Waals surface area contributed by atoms with E-state index in [2.05, 4.69) is 25.0 Å². The van der Waals surface area contributed by atoms with Gasteiger partial charge in [-0.25, -0.2) is 4.39 Å². The molecule has 3 heterocycles. The van der Waals surface area contributed by atoms with Crippen molar-refractivity contribution < 1.29 is 4.39 Å². The number of piperidine rings is 1. The van der Waals surface area contributed by atoms with Gasteiger partial charge in [0.15, 0.2) is 0 Å². The van der Waals surface area contributed by atoms with Crippen molar-refractivity contribution in [3.05, 3.63) is 46.3 Å². The quantitative estimate of drug-likeness (QED) is 0.881. The molecule has 136 valence electrons. The molecule has 2 aromatic rings. The Morgan fingerprint density at radius 3 is 2.80 bits per heavy atom. The summed E-state index contributed by atoms with van der Waals surface area (Å²) in [6.45, 7) is 5.23. The van der Waals surface area contributed by atoms with Crippen molar-refractivity contribution >= 4 is 24.0 Å². The van der Waals surface area contributed by atoms with Crippen molar-refractivity contribution in [1.29, 1.82) is 0 Å². The van der Waals surface area contributed by atoms with E-state index in [0.29, 0.717) is 23.0 Å². The van der Waals surface area contributed by atoms with Crippen LogP contribution in [0.3, 0.4) is 0 Å². The highest BCUT2D eigenvalue weighted by Crippen LogP contribution is 2.29. The SMILES string of the molecule is Cl.Fc1ccc(Cl)cc1CN1CCC(c2nnc3n2CCNC3)CC1. The molecule has 0 aliphatic carbocycles. The predicted molar refractivity (Wildman–Crippen MR) is 97.6 cm³/mol. The zero-order valence-electron chi connectivity index (χ0n) is 13.9. The van der Waals surface area contributed by atoms with Gasteiger partial charge < -0.3 is 9.88 Å². The van der Waals surface area contributed by atoms with E-state index in [1.165, 1.54) is 6.07 Å². The largest absolute Gasteiger partial charge is 0.312 e. The predicted octanol–water partition coefficient (Wildman–Crippen LogP) is 2.98. The minimum atomic E-state index is -0.180. The van der Waals surface area contributed by atoms with E-state index < -0.39 is 0 Å². The Balaban J connectivity index is 0.00000182. The van der Waals surface area contributed by atoms with Gasteiger partial charge >= 0.3 is 0 Å². The van der Waals surface area contributed by atoms with Crippen LogP contribution in [-0.2, 0) is 19.6 Å². The number of halogens is 3. The minimum absolute atomic E-state index is 0. The van der Waals surface area contributed by atoms with Gasteiger partial charge in [-0.15, -0.1) is 22.6 Å². The molecule has 0 radical (unpaired) electrons. The van der Waals surface area contributed by atoms with Gasteiger partial charge in [0.05, 0.1) is 6.54 Å². The number of nitrogens with zero attached hydrogens (tertiary/aromatic N) is 4. The molecule has 4 rings (SSSR count). The molecule has 2 aliphatic rings. The first-order valence-corrected chi connectivity index (χ1v) is 8.87. The number of fused-ring (bicyclic) bond motifs is 1. The van der Waals surface area contributed by atoms with Crippen LogP contribution in [0.1, 0.15) is 36.0 Å². The van der Waals surface area contributed by atoms with Crippen LogP contribution in [0, 0.1) is 5.82 Å². The van der Waals surface area contributed by atoms with Gasteiger partial charge in [0.1, 0.15) is 17.5 Å². The van der Waals surface area contributed by atoms with Gasteiger partial charge in [-0.2, -0.15) is 0 Å². The zero-order chi connectivity index (χ0) is 16.5. The van der Waals surface area contributed by atoms with Gasteiger partial charge in [0.25, 0.3) is 0 Å². The maximum Gasteiger partial charge on any atom is 0.147 e. The Bertz CT molecular complexity index is 728. The maximum atomic E-state index is 13.9. The molecule has 2 aliphatic heterocycles. The normalized spacial score (nSPS) is 18.6. The van der Waals surface area contributed by atoms with Crippen LogP contribution in [0.2, 0.25) is 5.02 Å². The van der Waals surface area contributed by atoms with Crippen LogP contribution in [0.25, 0.3) is 0 Å². The molecule has 0 bridgehead atoms. The lowest BCUT2D eigenvalue weighted by Crippen LogP contribution is -2.35. The number of benzene rings is 1. The van der Waals surface area contributed by atoms with E-state index in [9.17, 15) is 4.39 Å². The smallest absolute Gasteiger partial charge is 0.147 e. The molecule has 8 heteroatoms. The number of hydrogen-bond acceptors (Lipinski definition) is 4. The standard InChI is InChI=1S/C17H21ClFN5.ClH/c18-14-1-2-15(19)13(9-14)11-23-6-3-12(4-7-23)17-22-21-16-10-20-5-8-24(16)17;/h1-2,9,12,20H,3-8,10-11H2;1H. The molecular weight excluding hydrogens is 364 g/mol. The number of hydrogen-bond donors (Lipinski definition) is 1. The maximum absolute atomic E-state index is 13.9. The van der Waals surface area contributed by atoms with E-state index >= 15 is 0 Å². The second-order valence-corrected chi connectivity index (χ2v) is 7.03. The summed E-state index contributed by atoms with van der Waals surface area (Å²) in [5.41, 5.74) is 0.673. The van der Waals surface area contributed by atoms with Gasteiger partial charge in [0.2, 0.25) is 0 Å². The zero-order valence-corrected chi connectivity index (χ0v) is 15.5. The highest BCUT2D eigenvalue weighted by molar-refractivity contribution is 6.30. The molecule has 25 heavy (non-hydrogen) atoms. The van der Waals surface area contributed by atoms with E-state index in [4.69, 9.17) is 11.6 Å². The van der Waals surface area contributed by atoms with Crippen LogP contribution in [0.4, 0.5) is 4.39 Å². The Morgan fingerprint density at radius 1 is 1.20 bits per heavy atom. The molecular formula is C17H22Cl2FN5. The van der Waals surface area contributed by atoms with Crippen LogP contribution in [0.15, 0.2) is 18.2 Å². The molecule has 0 saturated carbocycles. The summed E-state index contributed by atoms with van der Waals surface area (Å²) in [5.74, 6) is 2.44. The summed E-state index contributed by atoms with van der Waals surface area (Å²) < 4.78 is 16.2. The number of aromatic nitrogens is 3. The molecule has 0 amide bonds. The molecule has 5 nitrogen and oxygen atoms in total. The summed E-state index contributed by atoms with van der Waals surface area (Å²) in [6, 6.07) is 4.77. The first-order valence-electron chi connectivity index (χ1n) is 8.49. The van der Waals surface area contributed by atoms with Crippen molar-refractivity contribution in [2.75, 3.05) is 19.6 Å². The molecule has 0 unspecified atom stereocenters. The summed E-state index contributed by atoms with van der Waals surface area (Å²) in [7, 11) is 0. The van der Waals surface area contributed by atoms with E-state index in [1.54, 1.807) is 12.1 Å². The summed E-state index contributed by atoms with van der Waals surface area (Å²) in [6.07, 6.45) is 2.07. The fourth-order valence-corrected chi connectivity index (χ4v) is 3.87. The van der Waals surface area contributed by atoms with E-state index in [-0.39, 0.29) is 18.2 Å². The second-order valence-electron chi connectivity index (χ2n) is 6.59. The van der Waals surface area contributed by atoms with E-state index in [1.807, 2.05) is 0 Å². The van der Waals surface area contributed by atoms with Crippen molar-refractivity contribution in [3.8, 4) is 0 Å². The topological polar surface area (TPSA) is 46.0 Å². The van der Waals surface area contributed by atoms with Crippen molar-refractivity contribution in [1.82, 2.24) is 25.0 Å². The van der Waals surface area contributed by atoms with Gasteiger partial charge in [-0.05, 0) is 44.1 Å². The van der Waals surface area contributed by atoms with Crippen LogP contribution in [0.5, 0.6) is 0 Å². The molecule has 0 atom stereocenters. The molecule has 0 spiro atoms. The number of likely N-dealkylation sites (tertiary alicyclic amines) is 1. The molecule has 1 N–H and O–H groups in total. The third-order valence-electron chi connectivity index (χ3n) is 5.01. The lowest BCUT2D eigenvalue weighted by Gasteiger charge is -2.32. The Kier molecular flexibility index (Phi) is 5.94. The van der Waals surface area contributed by atoms with Crippen LogP contribution < -0.4 is 5.32 Å². The first kappa shape index (κ1) is 18.6. The Labute approximate surface area is 158 Å². The number of nitrogens with one attached hydrogen (secondary N) is 1. The molecule has 1 saturated heterocycles. The fourth-order valence-electron chi connectivity index (χ4n) is 3.67. The average molecular weight is 386 g/mol. The third kappa shape index (κ3) is 3.97. The van der Waals surface area contributed by atoms with Crippen molar-refractivity contribution in [2.45, 2.75) is 38.4 Å². The summed E-state index contributed by atoms with van der Waals surface area (Å²) in [5, 5.41) is 12.7. The lowest BCUT2D eigenvalue weighted by molar-refractivity contribution is 0.197. The van der Waals surface area contributed by atoms with E-state index in [0.717, 1.165) is 57.2 Å². The Hall–Kier alpha value is -1.21. The second kappa shape index (κ2) is 7.99. The highest BCUT2D eigenvalue weighted by Gasteiger charge is 2.27. The minimum Gasteiger partial charge on any atom is -0.312 e. The molecule has 1 fully saturated rings. The third-order valence-corrected chi connectivity index (χ3v) is 5.24. The highest BCUT2D eigenvalue weighted by atomic mass is 35.5. The van der Waals surface area contributed by atoms with Crippen molar-refractivity contribution in [3.63, 3.8) is 0 Å². The average Bonchev–Trinajstić information content (AvgIpc) is 3.03. The monoisotopic (exact) mass is 385 g/mol. The van der Waals surface area contributed by atoms with Crippen LogP contribution >= 0.6 is 24.0 Å². The molecule has 1 aromatic heterocycles. The lowest BCUT2D eigenvalue weighted by atomic mass is 9.95. The number of rotatable bonds is 3. The Morgan fingerprint density at radius 2 is 2.00 bits per heavy atom. The fraction of sp³-hybridized carbons (Fsp3) is 0.529. The molecule has 1 aromatic carbocycles. The van der Waals surface area contributed by atoms with Gasteiger partial charge in [0, 0.05) is 36.1 Å². The summed E-state index contributed by atoms with van der Waals surface area (Å²) in [4.78, 5) is 2.29. The van der Waals surface area contributed by atoms with Gasteiger partial charge in [-0.1, -0.05) is 11.6 Å². The van der Waals surface area contributed by atoms with Crippen molar-refractivity contribution in [2.24, 2.45) is 0 Å². The first-order chi connectivity index (χ1) is 11.7.